The van der Waals surface area contributed by atoms with Crippen LogP contribution in [0.3, 0.4) is 0 Å². The number of amides is 3. The molecular formula is C31H30N2O5. The maximum Gasteiger partial charge on any atom is 0.338 e. The van der Waals surface area contributed by atoms with Crippen molar-refractivity contribution in [3.63, 3.8) is 0 Å². The van der Waals surface area contributed by atoms with Gasteiger partial charge >= 0.3 is 5.97 Å². The van der Waals surface area contributed by atoms with E-state index in [1.165, 1.54) is 22.6 Å². The van der Waals surface area contributed by atoms with E-state index in [0.29, 0.717) is 24.2 Å². The van der Waals surface area contributed by atoms with E-state index in [2.05, 4.69) is 17.4 Å². The summed E-state index contributed by atoms with van der Waals surface area (Å²) in [4.78, 5) is 52.9. The fourth-order valence-electron chi connectivity index (χ4n) is 5.69. The number of nitrogens with one attached hydrogen (secondary N) is 1. The Labute approximate surface area is 221 Å². The van der Waals surface area contributed by atoms with E-state index in [4.69, 9.17) is 4.74 Å². The predicted octanol–water partition coefficient (Wildman–Crippen LogP) is 5.17. The summed E-state index contributed by atoms with van der Waals surface area (Å²) in [5, 5.41) is 2.73. The Morgan fingerprint density at radius 1 is 0.868 bits per heavy atom. The Bertz CT molecular complexity index is 1380. The van der Waals surface area contributed by atoms with Gasteiger partial charge in [-0.05, 0) is 86.1 Å². The van der Waals surface area contributed by atoms with Crippen molar-refractivity contribution in [2.75, 3.05) is 16.8 Å². The molecule has 1 aliphatic carbocycles. The molecule has 0 unspecified atom stereocenters. The van der Waals surface area contributed by atoms with Crippen LogP contribution in [0.25, 0.3) is 0 Å². The minimum absolute atomic E-state index is 0.166. The molecule has 1 N–H and O–H groups in total. The second kappa shape index (κ2) is 10.6. The smallest absolute Gasteiger partial charge is 0.338 e. The Kier molecular flexibility index (Phi) is 7.09. The molecule has 1 aliphatic heterocycles. The third-order valence-corrected chi connectivity index (χ3v) is 7.38. The second-order valence-electron chi connectivity index (χ2n) is 10.2. The van der Waals surface area contributed by atoms with Gasteiger partial charge in [0.2, 0.25) is 11.8 Å². The van der Waals surface area contributed by atoms with Crippen molar-refractivity contribution in [3.05, 3.63) is 95.1 Å². The molecule has 0 bridgehead atoms. The van der Waals surface area contributed by atoms with Crippen molar-refractivity contribution < 1.29 is 23.9 Å². The van der Waals surface area contributed by atoms with Crippen LogP contribution in [-0.4, -0.2) is 30.3 Å². The van der Waals surface area contributed by atoms with Crippen LogP contribution in [0.2, 0.25) is 0 Å². The van der Waals surface area contributed by atoms with Crippen LogP contribution in [0.5, 0.6) is 0 Å². The lowest BCUT2D eigenvalue weighted by Crippen LogP contribution is -2.31. The quantitative estimate of drug-likeness (QED) is 0.365. The number of carbonyl (C=O) groups excluding carboxylic acids is 4. The van der Waals surface area contributed by atoms with Gasteiger partial charge in [-0.2, -0.15) is 0 Å². The molecule has 0 aromatic heterocycles. The number of hydrogen-bond acceptors (Lipinski definition) is 5. The number of anilines is 2. The number of fused-ring (bicyclic) bond motifs is 1. The first-order valence-corrected chi connectivity index (χ1v) is 12.9. The molecule has 0 radical (unpaired) electrons. The van der Waals surface area contributed by atoms with E-state index in [1.54, 1.807) is 12.1 Å². The first-order valence-electron chi connectivity index (χ1n) is 12.9. The summed E-state index contributed by atoms with van der Waals surface area (Å²) in [7, 11) is 0. The molecule has 3 aromatic rings. The molecular weight excluding hydrogens is 480 g/mol. The van der Waals surface area contributed by atoms with E-state index in [9.17, 15) is 19.2 Å². The summed E-state index contributed by atoms with van der Waals surface area (Å²) in [6.07, 6.45) is 2.14. The minimum atomic E-state index is -0.705. The van der Waals surface area contributed by atoms with Crippen molar-refractivity contribution in [2.45, 2.75) is 39.0 Å². The summed E-state index contributed by atoms with van der Waals surface area (Å²) >= 11 is 0. The lowest BCUT2D eigenvalue weighted by molar-refractivity contribution is -0.122. The van der Waals surface area contributed by atoms with Crippen molar-refractivity contribution >= 4 is 35.1 Å². The SMILES string of the molecule is Cc1cc(C)cc(NC(=O)COC(=O)c2cccc(N3C(=O)[C@H]4C[C@@H](c5ccccc5)CC[C@H]4C3=O)c2)c1. The van der Waals surface area contributed by atoms with Gasteiger partial charge in [0.15, 0.2) is 6.61 Å². The summed E-state index contributed by atoms with van der Waals surface area (Å²) in [5.74, 6) is -2.07. The fourth-order valence-corrected chi connectivity index (χ4v) is 5.69. The highest BCUT2D eigenvalue weighted by atomic mass is 16.5. The Morgan fingerprint density at radius 2 is 1.58 bits per heavy atom. The maximum absolute atomic E-state index is 13.4. The summed E-state index contributed by atoms with van der Waals surface area (Å²) in [5.41, 5.74) is 4.36. The third-order valence-electron chi connectivity index (χ3n) is 7.38. The third kappa shape index (κ3) is 5.23. The number of carbonyl (C=O) groups is 4. The number of rotatable bonds is 6. The molecule has 5 rings (SSSR count). The van der Waals surface area contributed by atoms with Crippen LogP contribution in [0.15, 0.2) is 72.8 Å². The number of nitrogens with zero attached hydrogens (tertiary/aromatic N) is 1. The molecule has 3 amide bonds. The molecule has 7 heteroatoms. The predicted molar refractivity (Wildman–Crippen MR) is 144 cm³/mol. The van der Waals surface area contributed by atoms with Gasteiger partial charge < -0.3 is 10.1 Å². The molecule has 1 saturated heterocycles. The average molecular weight is 511 g/mol. The summed E-state index contributed by atoms with van der Waals surface area (Å²) in [6, 6.07) is 22.0. The lowest BCUT2D eigenvalue weighted by Gasteiger charge is -2.28. The van der Waals surface area contributed by atoms with Crippen LogP contribution < -0.4 is 10.2 Å². The molecule has 7 nitrogen and oxygen atoms in total. The molecule has 2 aliphatic rings. The average Bonchev–Trinajstić information content (AvgIpc) is 3.16. The Balaban J connectivity index is 1.24. The highest BCUT2D eigenvalue weighted by molar-refractivity contribution is 6.22. The van der Waals surface area contributed by atoms with Crippen molar-refractivity contribution in [2.24, 2.45) is 11.8 Å². The van der Waals surface area contributed by atoms with Gasteiger partial charge in [-0.1, -0.05) is 42.5 Å². The monoisotopic (exact) mass is 510 g/mol. The minimum Gasteiger partial charge on any atom is -0.452 e. The van der Waals surface area contributed by atoms with Gasteiger partial charge in [0.25, 0.3) is 5.91 Å². The zero-order chi connectivity index (χ0) is 26.8. The normalized spacial score (nSPS) is 20.7. The largest absolute Gasteiger partial charge is 0.452 e. The molecule has 0 spiro atoms. The van der Waals surface area contributed by atoms with Gasteiger partial charge in [0.1, 0.15) is 0 Å². The Morgan fingerprint density at radius 3 is 2.32 bits per heavy atom. The molecule has 3 atom stereocenters. The van der Waals surface area contributed by atoms with Gasteiger partial charge in [-0.15, -0.1) is 0 Å². The van der Waals surface area contributed by atoms with Crippen molar-refractivity contribution in [1.82, 2.24) is 0 Å². The first kappa shape index (κ1) is 25.4. The van der Waals surface area contributed by atoms with Gasteiger partial charge in [-0.3, -0.25) is 19.3 Å². The van der Waals surface area contributed by atoms with Gasteiger partial charge in [0.05, 0.1) is 23.1 Å². The van der Waals surface area contributed by atoms with Crippen molar-refractivity contribution in [1.29, 1.82) is 0 Å². The van der Waals surface area contributed by atoms with Crippen molar-refractivity contribution in [3.8, 4) is 0 Å². The zero-order valence-corrected chi connectivity index (χ0v) is 21.5. The highest BCUT2D eigenvalue weighted by Gasteiger charge is 2.50. The van der Waals surface area contributed by atoms with E-state index in [1.807, 2.05) is 50.2 Å². The van der Waals surface area contributed by atoms with E-state index < -0.39 is 18.5 Å². The molecule has 1 heterocycles. The van der Waals surface area contributed by atoms with Crippen LogP contribution in [0, 0.1) is 25.7 Å². The fraction of sp³-hybridized carbons (Fsp3) is 0.290. The summed E-state index contributed by atoms with van der Waals surface area (Å²) in [6.45, 7) is 3.41. The number of ether oxygens (including phenoxy) is 1. The van der Waals surface area contributed by atoms with Gasteiger partial charge in [0, 0.05) is 5.69 Å². The number of imide groups is 1. The van der Waals surface area contributed by atoms with E-state index >= 15 is 0 Å². The standard InChI is InChI=1S/C31H30N2O5/c1-19-13-20(2)15-24(14-19)32-28(34)18-38-31(37)23-9-6-10-25(16-23)33-29(35)26-12-11-22(17-27(26)30(33)36)21-7-4-3-5-8-21/h3-10,13-16,22,26-27H,11-12,17-18H2,1-2H3,(H,32,34)/t22-,26+,27-/m0/s1. The van der Waals surface area contributed by atoms with E-state index in [-0.39, 0.29) is 35.1 Å². The molecule has 38 heavy (non-hydrogen) atoms. The molecule has 1 saturated carbocycles. The Hall–Kier alpha value is -4.26. The highest BCUT2D eigenvalue weighted by Crippen LogP contribution is 2.45. The lowest BCUT2D eigenvalue weighted by atomic mass is 9.73. The zero-order valence-electron chi connectivity index (χ0n) is 21.5. The van der Waals surface area contributed by atoms with Crippen LogP contribution in [-0.2, 0) is 19.1 Å². The maximum atomic E-state index is 13.4. The molecule has 3 aromatic carbocycles. The molecule has 194 valence electrons. The number of hydrogen-bond donors (Lipinski definition) is 1. The second-order valence-corrected chi connectivity index (χ2v) is 10.2. The number of aryl methyl sites for hydroxylation is 2. The summed E-state index contributed by atoms with van der Waals surface area (Å²) < 4.78 is 5.21. The number of esters is 1. The van der Waals surface area contributed by atoms with Crippen LogP contribution >= 0.6 is 0 Å². The van der Waals surface area contributed by atoms with E-state index in [0.717, 1.165) is 17.5 Å². The first-order chi connectivity index (χ1) is 18.3. The molecule has 2 fully saturated rings. The van der Waals surface area contributed by atoms with Crippen LogP contribution in [0.4, 0.5) is 11.4 Å². The van der Waals surface area contributed by atoms with Crippen LogP contribution in [0.1, 0.15) is 52.2 Å². The van der Waals surface area contributed by atoms with Gasteiger partial charge in [-0.25, -0.2) is 4.79 Å². The number of benzene rings is 3. The topological polar surface area (TPSA) is 92.8 Å².